The fourth-order valence-corrected chi connectivity index (χ4v) is 4.27. The summed E-state index contributed by atoms with van der Waals surface area (Å²) in [6.45, 7) is 7.74. The summed E-state index contributed by atoms with van der Waals surface area (Å²) in [7, 11) is 1.77. The number of rotatable bonds is 4. The number of likely N-dealkylation sites (tertiary alicyclic amines) is 1. The molecule has 2 heterocycles. The Bertz CT molecular complexity index is 870. The molecule has 1 aliphatic heterocycles. The number of ether oxygens (including phenoxy) is 1. The molecule has 1 aliphatic rings. The maximum Gasteiger partial charge on any atom is 0.122 e. The molecule has 0 unspecified atom stereocenters. The number of fused-ring (bicyclic) bond motifs is 1. The van der Waals surface area contributed by atoms with E-state index in [1.807, 2.05) is 18.2 Å². The highest BCUT2D eigenvalue weighted by atomic mass is 16.5. The first-order valence-corrected chi connectivity index (χ1v) is 9.39. The Morgan fingerprint density at radius 1 is 1.19 bits per heavy atom. The van der Waals surface area contributed by atoms with E-state index >= 15 is 0 Å². The highest BCUT2D eigenvalue weighted by Gasteiger charge is 2.39. The quantitative estimate of drug-likeness (QED) is 0.760. The zero-order chi connectivity index (χ0) is 18.1. The second-order valence-electron chi connectivity index (χ2n) is 7.70. The first kappa shape index (κ1) is 17.1. The monoisotopic (exact) mass is 349 g/mol. The van der Waals surface area contributed by atoms with Crippen molar-refractivity contribution in [2.24, 2.45) is 5.92 Å². The van der Waals surface area contributed by atoms with E-state index in [-0.39, 0.29) is 5.41 Å². The number of hydrogen-bond donors (Lipinski definition) is 1. The molecule has 1 fully saturated rings. The Labute approximate surface area is 155 Å². The van der Waals surface area contributed by atoms with Gasteiger partial charge in [0.15, 0.2) is 0 Å². The zero-order valence-electron chi connectivity index (χ0n) is 15.8. The van der Waals surface area contributed by atoms with Crippen LogP contribution in [0.1, 0.15) is 31.7 Å². The van der Waals surface area contributed by atoms with Crippen molar-refractivity contribution in [1.29, 1.82) is 0 Å². The molecular formula is C22H27N3O. The maximum absolute atomic E-state index is 5.64. The third kappa shape index (κ3) is 2.99. The Kier molecular flexibility index (Phi) is 4.45. The summed E-state index contributed by atoms with van der Waals surface area (Å²) in [5.74, 6) is 2.60. The van der Waals surface area contributed by atoms with Gasteiger partial charge in [0.1, 0.15) is 11.6 Å². The van der Waals surface area contributed by atoms with Crippen molar-refractivity contribution in [2.45, 2.75) is 32.2 Å². The number of methoxy groups -OCH3 is 1. The third-order valence-corrected chi connectivity index (χ3v) is 6.10. The summed E-state index contributed by atoms with van der Waals surface area (Å²) in [5.41, 5.74) is 3.63. The van der Waals surface area contributed by atoms with E-state index in [2.05, 4.69) is 54.1 Å². The van der Waals surface area contributed by atoms with Crippen LogP contribution in [0.15, 0.2) is 48.5 Å². The maximum atomic E-state index is 5.64. The standard InChI is InChI=1S/C22H27N3O/c1-16-14-25(15-21-23-18-9-5-6-10-19(18)24-21)13-12-22(16,2)17-8-4-7-11-20(17)26-3/h4-11,16H,12-15H2,1-3H3,(H,23,24)/t16-,22+/m0/s1. The van der Waals surface area contributed by atoms with Crippen LogP contribution in [0.5, 0.6) is 5.75 Å². The lowest BCUT2D eigenvalue weighted by Crippen LogP contribution is -2.47. The molecule has 3 aromatic rings. The Morgan fingerprint density at radius 3 is 2.73 bits per heavy atom. The van der Waals surface area contributed by atoms with Crippen molar-refractivity contribution in [3.63, 3.8) is 0 Å². The minimum absolute atomic E-state index is 0.136. The Morgan fingerprint density at radius 2 is 1.96 bits per heavy atom. The zero-order valence-corrected chi connectivity index (χ0v) is 15.8. The van der Waals surface area contributed by atoms with E-state index < -0.39 is 0 Å². The van der Waals surface area contributed by atoms with Crippen LogP contribution in [0.4, 0.5) is 0 Å². The van der Waals surface area contributed by atoms with Gasteiger partial charge in [0, 0.05) is 17.5 Å². The average molecular weight is 349 g/mol. The van der Waals surface area contributed by atoms with E-state index in [0.717, 1.165) is 48.7 Å². The van der Waals surface area contributed by atoms with Gasteiger partial charge in [0.25, 0.3) is 0 Å². The van der Waals surface area contributed by atoms with Gasteiger partial charge < -0.3 is 9.72 Å². The normalized spacial score (nSPS) is 24.0. The van der Waals surface area contributed by atoms with Crippen LogP contribution >= 0.6 is 0 Å². The minimum Gasteiger partial charge on any atom is -0.496 e. The van der Waals surface area contributed by atoms with Crippen LogP contribution in [0.2, 0.25) is 0 Å². The topological polar surface area (TPSA) is 41.1 Å². The average Bonchev–Trinajstić information content (AvgIpc) is 3.07. The van der Waals surface area contributed by atoms with Crippen molar-refractivity contribution in [2.75, 3.05) is 20.2 Å². The van der Waals surface area contributed by atoms with Crippen LogP contribution in [0.3, 0.4) is 0 Å². The van der Waals surface area contributed by atoms with Crippen LogP contribution in [-0.4, -0.2) is 35.1 Å². The molecule has 136 valence electrons. The van der Waals surface area contributed by atoms with Crippen LogP contribution in [-0.2, 0) is 12.0 Å². The molecule has 26 heavy (non-hydrogen) atoms. The number of nitrogens with one attached hydrogen (secondary N) is 1. The molecular weight excluding hydrogens is 322 g/mol. The molecule has 0 radical (unpaired) electrons. The number of piperidine rings is 1. The number of para-hydroxylation sites is 3. The predicted molar refractivity (Wildman–Crippen MR) is 105 cm³/mol. The molecule has 4 nitrogen and oxygen atoms in total. The van der Waals surface area contributed by atoms with E-state index in [4.69, 9.17) is 9.72 Å². The smallest absolute Gasteiger partial charge is 0.122 e. The van der Waals surface area contributed by atoms with E-state index in [1.165, 1.54) is 5.56 Å². The highest BCUT2D eigenvalue weighted by Crippen LogP contribution is 2.43. The molecule has 4 rings (SSSR count). The summed E-state index contributed by atoms with van der Waals surface area (Å²) in [5, 5.41) is 0. The number of aromatic amines is 1. The molecule has 0 saturated carbocycles. The van der Waals surface area contributed by atoms with Gasteiger partial charge in [-0.05, 0) is 37.1 Å². The van der Waals surface area contributed by atoms with E-state index in [0.29, 0.717) is 5.92 Å². The minimum atomic E-state index is 0.136. The van der Waals surface area contributed by atoms with E-state index in [9.17, 15) is 0 Å². The van der Waals surface area contributed by atoms with E-state index in [1.54, 1.807) is 7.11 Å². The molecule has 0 spiro atoms. The van der Waals surface area contributed by atoms with Gasteiger partial charge >= 0.3 is 0 Å². The van der Waals surface area contributed by atoms with Gasteiger partial charge in [-0.25, -0.2) is 4.98 Å². The number of nitrogens with zero attached hydrogens (tertiary/aromatic N) is 2. The SMILES string of the molecule is COc1ccccc1[C@]1(C)CCN(Cc2nc3ccccc3[nH]2)C[C@@H]1C. The van der Waals surface area contributed by atoms with Crippen molar-refractivity contribution in [1.82, 2.24) is 14.9 Å². The summed E-state index contributed by atoms with van der Waals surface area (Å²) >= 11 is 0. The molecule has 2 aromatic carbocycles. The first-order chi connectivity index (χ1) is 12.6. The van der Waals surface area contributed by atoms with Gasteiger partial charge in [-0.15, -0.1) is 0 Å². The lowest BCUT2D eigenvalue weighted by Gasteiger charge is -2.45. The largest absolute Gasteiger partial charge is 0.496 e. The summed E-state index contributed by atoms with van der Waals surface area (Å²) in [4.78, 5) is 10.7. The van der Waals surface area contributed by atoms with Crippen LogP contribution in [0, 0.1) is 5.92 Å². The number of benzene rings is 2. The Hall–Kier alpha value is -2.33. The fourth-order valence-electron chi connectivity index (χ4n) is 4.27. The number of aromatic nitrogens is 2. The van der Waals surface area contributed by atoms with Crippen molar-refractivity contribution in [3.05, 3.63) is 59.9 Å². The van der Waals surface area contributed by atoms with Gasteiger partial charge in [-0.1, -0.05) is 44.2 Å². The number of hydrogen-bond acceptors (Lipinski definition) is 3. The molecule has 1 N–H and O–H groups in total. The molecule has 4 heteroatoms. The van der Waals surface area contributed by atoms with Gasteiger partial charge in [-0.3, -0.25) is 4.90 Å². The molecule has 2 atom stereocenters. The summed E-state index contributed by atoms with van der Waals surface area (Å²) in [6.07, 6.45) is 1.12. The first-order valence-electron chi connectivity index (χ1n) is 9.39. The van der Waals surface area contributed by atoms with Gasteiger partial charge in [-0.2, -0.15) is 0 Å². The molecule has 0 amide bonds. The van der Waals surface area contributed by atoms with Crippen molar-refractivity contribution < 1.29 is 4.74 Å². The fraction of sp³-hybridized carbons (Fsp3) is 0.409. The van der Waals surface area contributed by atoms with Crippen molar-refractivity contribution in [3.8, 4) is 5.75 Å². The number of H-pyrrole nitrogens is 1. The van der Waals surface area contributed by atoms with Gasteiger partial charge in [0.05, 0.1) is 24.7 Å². The third-order valence-electron chi connectivity index (χ3n) is 6.10. The number of imidazole rings is 1. The summed E-state index contributed by atoms with van der Waals surface area (Å²) in [6, 6.07) is 16.7. The lowest BCUT2D eigenvalue weighted by molar-refractivity contribution is 0.102. The van der Waals surface area contributed by atoms with Crippen LogP contribution < -0.4 is 4.74 Å². The van der Waals surface area contributed by atoms with Crippen molar-refractivity contribution >= 4 is 11.0 Å². The molecule has 1 aromatic heterocycles. The summed E-state index contributed by atoms with van der Waals surface area (Å²) < 4.78 is 5.64. The van der Waals surface area contributed by atoms with Crippen LogP contribution in [0.25, 0.3) is 11.0 Å². The second-order valence-corrected chi connectivity index (χ2v) is 7.70. The van der Waals surface area contributed by atoms with Gasteiger partial charge in [0.2, 0.25) is 0 Å². The lowest BCUT2D eigenvalue weighted by atomic mass is 9.67. The molecule has 0 bridgehead atoms. The predicted octanol–water partition coefficient (Wildman–Crippen LogP) is 4.37. The Balaban J connectivity index is 1.51. The molecule has 1 saturated heterocycles. The molecule has 0 aliphatic carbocycles. The second kappa shape index (κ2) is 6.76. The highest BCUT2D eigenvalue weighted by molar-refractivity contribution is 5.74.